The summed E-state index contributed by atoms with van der Waals surface area (Å²) in [6.45, 7) is 7.09. The van der Waals surface area contributed by atoms with Crippen LogP contribution in [-0.2, 0) is 0 Å². The lowest BCUT2D eigenvalue weighted by molar-refractivity contribution is -0.134. The zero-order valence-corrected chi connectivity index (χ0v) is 20.4. The Balaban J connectivity index is 1.23. The Morgan fingerprint density at radius 1 is 0.818 bits per heavy atom. The quantitative estimate of drug-likeness (QED) is 0.532. The Morgan fingerprint density at radius 3 is 2.21 bits per heavy atom. The van der Waals surface area contributed by atoms with Crippen molar-refractivity contribution in [2.75, 3.05) is 0 Å². The van der Waals surface area contributed by atoms with Gasteiger partial charge in [0.2, 0.25) is 0 Å². The maximum atomic E-state index is 13.8. The average Bonchev–Trinajstić information content (AvgIpc) is 3.32. The van der Waals surface area contributed by atoms with Crippen molar-refractivity contribution in [3.8, 4) is 0 Å². The van der Waals surface area contributed by atoms with Crippen molar-refractivity contribution in [3.05, 3.63) is 35.4 Å². The Labute approximate surface area is 197 Å². The lowest BCUT2D eigenvalue weighted by Crippen LogP contribution is -2.54. The number of benzene rings is 1. The van der Waals surface area contributed by atoms with Gasteiger partial charge in [-0.05, 0) is 128 Å². The number of hydrogen-bond acceptors (Lipinski definition) is 2. The lowest BCUT2D eigenvalue weighted by atomic mass is 9.44. The van der Waals surface area contributed by atoms with Gasteiger partial charge in [0, 0.05) is 6.07 Å². The van der Waals surface area contributed by atoms with E-state index < -0.39 is 17.7 Å². The molecule has 0 spiro atoms. The molecule has 1 aromatic carbocycles. The number of aliphatic hydroxyl groups excluding tert-OH is 1. The van der Waals surface area contributed by atoms with Gasteiger partial charge < -0.3 is 10.2 Å². The maximum Gasteiger partial charge on any atom is 0.126 e. The van der Waals surface area contributed by atoms with Crippen molar-refractivity contribution >= 4 is 0 Å². The van der Waals surface area contributed by atoms with Gasteiger partial charge in [0.05, 0.1) is 11.7 Å². The normalized spacial score (nSPS) is 49.9. The van der Waals surface area contributed by atoms with Crippen LogP contribution in [0.1, 0.15) is 90.2 Å². The van der Waals surface area contributed by atoms with E-state index in [0.29, 0.717) is 34.7 Å². The fourth-order valence-electron chi connectivity index (χ4n) is 10.3. The summed E-state index contributed by atoms with van der Waals surface area (Å²) in [6.07, 6.45) is 9.67. The summed E-state index contributed by atoms with van der Waals surface area (Å²) in [6, 6.07) is 3.46. The Kier molecular flexibility index (Phi) is 4.94. The largest absolute Gasteiger partial charge is 0.390 e. The minimum Gasteiger partial charge on any atom is -0.390 e. The zero-order chi connectivity index (χ0) is 23.3. The van der Waals surface area contributed by atoms with Gasteiger partial charge in [-0.15, -0.1) is 0 Å². The monoisotopic (exact) mass is 458 g/mol. The van der Waals surface area contributed by atoms with E-state index >= 15 is 0 Å². The minimum atomic E-state index is -0.840. The molecule has 11 atom stereocenters. The highest BCUT2D eigenvalue weighted by Crippen LogP contribution is 2.73. The smallest absolute Gasteiger partial charge is 0.126 e. The summed E-state index contributed by atoms with van der Waals surface area (Å²) in [5.41, 5.74) is 0.597. The van der Waals surface area contributed by atoms with Gasteiger partial charge >= 0.3 is 0 Å². The molecule has 0 aliphatic heterocycles. The first-order valence-electron chi connectivity index (χ1n) is 13.4. The maximum absolute atomic E-state index is 13.8. The molecule has 6 rings (SSSR count). The van der Waals surface area contributed by atoms with Crippen LogP contribution in [0.25, 0.3) is 0 Å². The van der Waals surface area contributed by atoms with Crippen LogP contribution in [0.4, 0.5) is 8.78 Å². The highest BCUT2D eigenvalue weighted by atomic mass is 19.1. The average molecular weight is 459 g/mol. The summed E-state index contributed by atoms with van der Waals surface area (Å²) in [5, 5.41) is 21.9. The predicted molar refractivity (Wildman–Crippen MR) is 124 cm³/mol. The fraction of sp³-hybridized carbons (Fsp3) is 0.793. The van der Waals surface area contributed by atoms with Gasteiger partial charge in [-0.25, -0.2) is 8.78 Å². The summed E-state index contributed by atoms with van der Waals surface area (Å²) < 4.78 is 27.6. The predicted octanol–water partition coefficient (Wildman–Crippen LogP) is 6.65. The number of fused-ring (bicyclic) bond motifs is 7. The molecule has 5 saturated carbocycles. The number of rotatable bonds is 3. The van der Waals surface area contributed by atoms with E-state index in [1.807, 2.05) is 0 Å². The van der Waals surface area contributed by atoms with E-state index in [2.05, 4.69) is 20.8 Å². The van der Waals surface area contributed by atoms with Crippen molar-refractivity contribution in [2.45, 2.75) is 90.3 Å². The van der Waals surface area contributed by atoms with E-state index in [1.165, 1.54) is 50.7 Å². The van der Waals surface area contributed by atoms with Crippen LogP contribution in [0.5, 0.6) is 0 Å². The molecule has 2 nitrogen and oxygen atoms in total. The number of halogens is 2. The van der Waals surface area contributed by atoms with Crippen LogP contribution in [0.3, 0.4) is 0 Å². The van der Waals surface area contributed by atoms with E-state index in [9.17, 15) is 19.0 Å². The summed E-state index contributed by atoms with van der Waals surface area (Å²) in [4.78, 5) is 0. The van der Waals surface area contributed by atoms with Crippen LogP contribution in [0.2, 0.25) is 0 Å². The first-order valence-corrected chi connectivity index (χ1v) is 13.4. The third kappa shape index (κ3) is 3.15. The van der Waals surface area contributed by atoms with E-state index in [4.69, 9.17) is 0 Å². The molecule has 182 valence electrons. The molecule has 4 heteroatoms. The van der Waals surface area contributed by atoms with Crippen LogP contribution < -0.4 is 0 Å². The Hall–Kier alpha value is -1.00. The second-order valence-corrected chi connectivity index (χ2v) is 13.2. The standard InChI is InChI=1S/C29H40F2O2/c1-16(26(32)17-12-18(30)14-19(31)13-17)21-6-7-22-20-4-5-24-25-15-29(25,33)11-10-28(24,3)23(20)8-9-27(21,22)2/h12-14,16,20-26,32-33H,4-11,15H2,1-3H3/t16-,20-,21+,22-,23-,24+,25?,26-,27+,28+,29-/m0/s1. The SMILES string of the molecule is C[C@H]([C@H](O)c1cc(F)cc(F)c1)[C@H]1CC[C@H]2[C@@H]3CC[C@@H]4C5C[C@@]5(O)CC[C@]4(C)[C@H]3CC[C@]12C. The van der Waals surface area contributed by atoms with Gasteiger partial charge in [0.15, 0.2) is 0 Å². The summed E-state index contributed by atoms with van der Waals surface area (Å²) in [5.74, 6) is 2.53. The molecule has 1 aromatic rings. The first-order chi connectivity index (χ1) is 15.6. The fourth-order valence-corrected chi connectivity index (χ4v) is 10.3. The van der Waals surface area contributed by atoms with Crippen LogP contribution in [0.15, 0.2) is 18.2 Å². The molecule has 5 aliphatic carbocycles. The molecular formula is C29H40F2O2. The molecule has 0 radical (unpaired) electrons. The molecule has 2 N–H and O–H groups in total. The molecule has 0 saturated heterocycles. The van der Waals surface area contributed by atoms with Crippen molar-refractivity contribution < 1.29 is 19.0 Å². The van der Waals surface area contributed by atoms with Gasteiger partial charge in [-0.3, -0.25) is 0 Å². The van der Waals surface area contributed by atoms with Gasteiger partial charge in [-0.1, -0.05) is 20.8 Å². The van der Waals surface area contributed by atoms with Crippen LogP contribution in [0, 0.1) is 63.9 Å². The molecule has 1 unspecified atom stereocenters. The molecule has 33 heavy (non-hydrogen) atoms. The van der Waals surface area contributed by atoms with Crippen molar-refractivity contribution in [2.24, 2.45) is 52.3 Å². The van der Waals surface area contributed by atoms with Gasteiger partial charge in [0.1, 0.15) is 11.6 Å². The third-order valence-electron chi connectivity index (χ3n) is 12.1. The van der Waals surface area contributed by atoms with E-state index in [1.54, 1.807) is 0 Å². The molecule has 0 heterocycles. The summed E-state index contributed by atoms with van der Waals surface area (Å²) >= 11 is 0. The Bertz CT molecular complexity index is 929. The molecule has 0 bridgehead atoms. The van der Waals surface area contributed by atoms with E-state index in [-0.39, 0.29) is 16.9 Å². The zero-order valence-electron chi connectivity index (χ0n) is 20.4. The molecule has 5 fully saturated rings. The first kappa shape index (κ1) is 22.5. The molecule has 5 aliphatic rings. The van der Waals surface area contributed by atoms with Gasteiger partial charge in [0.25, 0.3) is 0 Å². The molecule has 0 amide bonds. The van der Waals surface area contributed by atoms with Crippen LogP contribution in [-0.4, -0.2) is 15.8 Å². The number of hydrogen-bond donors (Lipinski definition) is 2. The van der Waals surface area contributed by atoms with Gasteiger partial charge in [-0.2, -0.15) is 0 Å². The van der Waals surface area contributed by atoms with E-state index in [0.717, 1.165) is 37.2 Å². The second-order valence-electron chi connectivity index (χ2n) is 13.2. The third-order valence-corrected chi connectivity index (χ3v) is 12.1. The topological polar surface area (TPSA) is 40.5 Å². The van der Waals surface area contributed by atoms with Crippen molar-refractivity contribution in [1.82, 2.24) is 0 Å². The number of aliphatic hydroxyl groups is 2. The molecular weight excluding hydrogens is 418 g/mol. The Morgan fingerprint density at radius 2 is 1.48 bits per heavy atom. The second kappa shape index (κ2) is 7.26. The van der Waals surface area contributed by atoms with Crippen molar-refractivity contribution in [1.29, 1.82) is 0 Å². The minimum absolute atomic E-state index is 0.0270. The molecule has 0 aromatic heterocycles. The van der Waals surface area contributed by atoms with Crippen molar-refractivity contribution in [3.63, 3.8) is 0 Å². The summed E-state index contributed by atoms with van der Waals surface area (Å²) in [7, 11) is 0. The lowest BCUT2D eigenvalue weighted by Gasteiger charge is -2.61. The van der Waals surface area contributed by atoms with Crippen LogP contribution >= 0.6 is 0 Å². The highest BCUT2D eigenvalue weighted by Gasteiger charge is 2.68. The highest BCUT2D eigenvalue weighted by molar-refractivity contribution is 5.22.